The molecule has 0 aromatic heterocycles. The first-order chi connectivity index (χ1) is 8.56. The van der Waals surface area contributed by atoms with E-state index in [2.05, 4.69) is 26.1 Å². The van der Waals surface area contributed by atoms with Crippen LogP contribution >= 0.6 is 0 Å². The summed E-state index contributed by atoms with van der Waals surface area (Å²) in [6, 6.07) is -0.000455. The topological polar surface area (TPSA) is 41.6 Å². The molecular formula is C14H24N2O2. The summed E-state index contributed by atoms with van der Waals surface area (Å²) in [5.74, 6) is 1.20. The Labute approximate surface area is 109 Å². The SMILES string of the molecule is CC(C)C1NC(C)N(CC2CC3CCC2O3)C1=O. The summed E-state index contributed by atoms with van der Waals surface area (Å²) in [6.45, 7) is 7.17. The van der Waals surface area contributed by atoms with E-state index in [0.29, 0.717) is 24.0 Å². The van der Waals surface area contributed by atoms with E-state index >= 15 is 0 Å². The Balaban J connectivity index is 1.64. The second-order valence-corrected chi connectivity index (χ2v) is 6.42. The molecule has 4 heteroatoms. The van der Waals surface area contributed by atoms with Gasteiger partial charge in [-0.1, -0.05) is 13.8 Å². The average Bonchev–Trinajstić information content (AvgIpc) is 2.98. The number of nitrogens with zero attached hydrogens (tertiary/aromatic N) is 1. The lowest BCUT2D eigenvalue weighted by Gasteiger charge is -2.27. The Kier molecular flexibility index (Phi) is 3.10. The average molecular weight is 252 g/mol. The normalized spacial score (nSPS) is 43.4. The zero-order chi connectivity index (χ0) is 12.9. The van der Waals surface area contributed by atoms with Gasteiger partial charge in [0.15, 0.2) is 0 Å². The lowest BCUT2D eigenvalue weighted by atomic mass is 9.88. The number of carbonyl (C=O) groups excluding carboxylic acids is 1. The summed E-state index contributed by atoms with van der Waals surface area (Å²) < 4.78 is 5.88. The van der Waals surface area contributed by atoms with Crippen molar-refractivity contribution in [1.29, 1.82) is 0 Å². The fourth-order valence-electron chi connectivity index (χ4n) is 3.70. The fourth-order valence-corrected chi connectivity index (χ4v) is 3.70. The zero-order valence-electron chi connectivity index (χ0n) is 11.6. The molecule has 3 aliphatic rings. The standard InChI is InChI=1S/C14H24N2O2/c1-8(2)13-14(17)16(9(3)15-13)7-10-6-11-4-5-12(10)18-11/h8-13,15H,4-7H2,1-3H3. The summed E-state index contributed by atoms with van der Waals surface area (Å²) in [5, 5.41) is 3.41. The van der Waals surface area contributed by atoms with Gasteiger partial charge < -0.3 is 9.64 Å². The molecular weight excluding hydrogens is 228 g/mol. The summed E-state index contributed by atoms with van der Waals surface area (Å²) in [7, 11) is 0. The van der Waals surface area contributed by atoms with Crippen LogP contribution < -0.4 is 5.32 Å². The Hall–Kier alpha value is -0.610. The molecule has 0 aliphatic carbocycles. The van der Waals surface area contributed by atoms with Crippen LogP contribution in [0, 0.1) is 11.8 Å². The maximum atomic E-state index is 12.4. The highest BCUT2D eigenvalue weighted by Crippen LogP contribution is 2.39. The number of fused-ring (bicyclic) bond motifs is 2. The molecule has 0 aromatic carbocycles. The Morgan fingerprint density at radius 3 is 2.72 bits per heavy atom. The van der Waals surface area contributed by atoms with Crippen LogP contribution in [-0.4, -0.2) is 41.8 Å². The molecule has 3 heterocycles. The lowest BCUT2D eigenvalue weighted by Crippen LogP contribution is -2.40. The van der Waals surface area contributed by atoms with Crippen LogP contribution in [0.1, 0.15) is 40.0 Å². The lowest BCUT2D eigenvalue weighted by molar-refractivity contribution is -0.131. The largest absolute Gasteiger partial charge is 0.375 e. The number of carbonyl (C=O) groups is 1. The molecule has 3 saturated heterocycles. The summed E-state index contributed by atoms with van der Waals surface area (Å²) in [6.07, 6.45) is 4.61. The fraction of sp³-hybridized carbons (Fsp3) is 0.929. The molecule has 4 nitrogen and oxygen atoms in total. The minimum atomic E-state index is -0.000455. The predicted molar refractivity (Wildman–Crippen MR) is 68.9 cm³/mol. The number of amides is 1. The van der Waals surface area contributed by atoms with E-state index in [4.69, 9.17) is 4.74 Å². The van der Waals surface area contributed by atoms with E-state index in [1.54, 1.807) is 0 Å². The molecule has 0 spiro atoms. The van der Waals surface area contributed by atoms with Gasteiger partial charge in [0.1, 0.15) is 0 Å². The van der Waals surface area contributed by atoms with E-state index < -0.39 is 0 Å². The van der Waals surface area contributed by atoms with Crippen molar-refractivity contribution < 1.29 is 9.53 Å². The van der Waals surface area contributed by atoms with Crippen molar-refractivity contribution in [3.63, 3.8) is 0 Å². The van der Waals surface area contributed by atoms with Gasteiger partial charge in [0.05, 0.1) is 24.4 Å². The number of ether oxygens (including phenoxy) is 1. The van der Waals surface area contributed by atoms with Crippen molar-refractivity contribution in [2.45, 2.75) is 64.4 Å². The predicted octanol–water partition coefficient (Wildman–Crippen LogP) is 1.36. The van der Waals surface area contributed by atoms with Crippen LogP contribution in [0.25, 0.3) is 0 Å². The zero-order valence-corrected chi connectivity index (χ0v) is 11.6. The third kappa shape index (κ3) is 1.95. The Morgan fingerprint density at radius 1 is 1.44 bits per heavy atom. The van der Waals surface area contributed by atoms with Crippen LogP contribution in [0.4, 0.5) is 0 Å². The number of hydrogen-bond donors (Lipinski definition) is 1. The van der Waals surface area contributed by atoms with E-state index in [1.165, 1.54) is 12.8 Å². The minimum absolute atomic E-state index is 0.000455. The van der Waals surface area contributed by atoms with Gasteiger partial charge in [-0.15, -0.1) is 0 Å². The van der Waals surface area contributed by atoms with Crippen molar-refractivity contribution >= 4 is 5.91 Å². The van der Waals surface area contributed by atoms with Crippen LogP contribution in [0.3, 0.4) is 0 Å². The van der Waals surface area contributed by atoms with Crippen molar-refractivity contribution in [1.82, 2.24) is 10.2 Å². The summed E-state index contributed by atoms with van der Waals surface area (Å²) in [5.41, 5.74) is 0. The number of hydrogen-bond acceptors (Lipinski definition) is 3. The first kappa shape index (κ1) is 12.4. The summed E-state index contributed by atoms with van der Waals surface area (Å²) in [4.78, 5) is 14.4. The van der Waals surface area contributed by atoms with Crippen LogP contribution in [0.15, 0.2) is 0 Å². The third-order valence-electron chi connectivity index (χ3n) is 4.77. The Bertz CT molecular complexity index is 345. The van der Waals surface area contributed by atoms with Crippen LogP contribution in [0.5, 0.6) is 0 Å². The van der Waals surface area contributed by atoms with Gasteiger partial charge in [-0.2, -0.15) is 0 Å². The van der Waals surface area contributed by atoms with E-state index in [1.807, 2.05) is 4.90 Å². The smallest absolute Gasteiger partial charge is 0.241 e. The second kappa shape index (κ2) is 4.49. The molecule has 102 valence electrons. The molecule has 18 heavy (non-hydrogen) atoms. The van der Waals surface area contributed by atoms with Gasteiger partial charge in [0.25, 0.3) is 0 Å². The maximum Gasteiger partial charge on any atom is 0.241 e. The quantitative estimate of drug-likeness (QED) is 0.824. The Morgan fingerprint density at radius 2 is 2.22 bits per heavy atom. The van der Waals surface area contributed by atoms with Crippen LogP contribution in [0.2, 0.25) is 0 Å². The molecule has 3 aliphatic heterocycles. The van der Waals surface area contributed by atoms with E-state index in [-0.39, 0.29) is 18.1 Å². The van der Waals surface area contributed by atoms with Crippen molar-refractivity contribution in [3.8, 4) is 0 Å². The molecule has 2 bridgehead atoms. The van der Waals surface area contributed by atoms with Gasteiger partial charge in [-0.3, -0.25) is 10.1 Å². The molecule has 0 saturated carbocycles. The van der Waals surface area contributed by atoms with Crippen molar-refractivity contribution in [2.75, 3.05) is 6.54 Å². The van der Waals surface area contributed by atoms with E-state index in [0.717, 1.165) is 13.0 Å². The molecule has 3 rings (SSSR count). The van der Waals surface area contributed by atoms with Crippen molar-refractivity contribution in [3.05, 3.63) is 0 Å². The van der Waals surface area contributed by atoms with Gasteiger partial charge in [0, 0.05) is 12.5 Å². The highest BCUT2D eigenvalue weighted by molar-refractivity contribution is 5.84. The molecule has 5 unspecified atom stereocenters. The second-order valence-electron chi connectivity index (χ2n) is 6.42. The number of nitrogens with one attached hydrogen (secondary N) is 1. The van der Waals surface area contributed by atoms with Crippen molar-refractivity contribution in [2.24, 2.45) is 11.8 Å². The summed E-state index contributed by atoms with van der Waals surface area (Å²) >= 11 is 0. The molecule has 1 N–H and O–H groups in total. The number of rotatable bonds is 3. The first-order valence-electron chi connectivity index (χ1n) is 7.28. The molecule has 5 atom stereocenters. The minimum Gasteiger partial charge on any atom is -0.375 e. The van der Waals surface area contributed by atoms with Gasteiger partial charge in [-0.25, -0.2) is 0 Å². The van der Waals surface area contributed by atoms with E-state index in [9.17, 15) is 4.79 Å². The third-order valence-corrected chi connectivity index (χ3v) is 4.77. The van der Waals surface area contributed by atoms with Gasteiger partial charge in [0.2, 0.25) is 5.91 Å². The monoisotopic (exact) mass is 252 g/mol. The highest BCUT2D eigenvalue weighted by Gasteiger charge is 2.45. The molecule has 3 fully saturated rings. The molecule has 0 radical (unpaired) electrons. The van der Waals surface area contributed by atoms with Crippen LogP contribution in [-0.2, 0) is 9.53 Å². The molecule has 0 aromatic rings. The first-order valence-corrected chi connectivity index (χ1v) is 7.28. The maximum absolute atomic E-state index is 12.4. The highest BCUT2D eigenvalue weighted by atomic mass is 16.5. The van der Waals surface area contributed by atoms with Gasteiger partial charge >= 0.3 is 0 Å². The van der Waals surface area contributed by atoms with Gasteiger partial charge in [-0.05, 0) is 32.1 Å². The molecule has 1 amide bonds.